The highest BCUT2D eigenvalue weighted by Crippen LogP contribution is 2.27. The number of hydrogen-bond acceptors (Lipinski definition) is 5. The first-order chi connectivity index (χ1) is 8.43. The van der Waals surface area contributed by atoms with Gasteiger partial charge in [0.1, 0.15) is 11.1 Å². The molecule has 0 aliphatic carbocycles. The molecule has 5 heteroatoms. The average Bonchev–Trinajstić information content (AvgIpc) is 2.90. The van der Waals surface area contributed by atoms with E-state index in [2.05, 4.69) is 20.7 Å². The molecule has 1 atom stereocenters. The number of rotatable bonds is 2. The molecular weight excluding hydrogens is 234 g/mol. The predicted molar refractivity (Wildman–Crippen MR) is 66.9 cm³/mol. The standard InChI is InChI=1S/C12H13N3OS/c1-2-9(6-13-3-1)12-15-10(8-17-12)11-7-14-4-5-16-11/h1-3,6,8,11,14H,4-5,7H2. The van der Waals surface area contributed by atoms with Crippen LogP contribution >= 0.6 is 11.3 Å². The summed E-state index contributed by atoms with van der Waals surface area (Å²) >= 11 is 1.64. The van der Waals surface area contributed by atoms with E-state index in [-0.39, 0.29) is 6.10 Å². The highest BCUT2D eigenvalue weighted by Gasteiger charge is 2.18. The van der Waals surface area contributed by atoms with Crippen molar-refractivity contribution in [1.82, 2.24) is 15.3 Å². The van der Waals surface area contributed by atoms with Crippen LogP contribution in [0.3, 0.4) is 0 Å². The van der Waals surface area contributed by atoms with Crippen molar-refractivity contribution in [2.75, 3.05) is 19.7 Å². The topological polar surface area (TPSA) is 47.0 Å². The second-order valence-corrected chi connectivity index (χ2v) is 4.74. The summed E-state index contributed by atoms with van der Waals surface area (Å²) in [6.45, 7) is 2.52. The van der Waals surface area contributed by atoms with Crippen LogP contribution in [0.15, 0.2) is 29.9 Å². The molecule has 2 aromatic rings. The molecule has 1 saturated heterocycles. The average molecular weight is 247 g/mol. The molecule has 4 nitrogen and oxygen atoms in total. The van der Waals surface area contributed by atoms with Gasteiger partial charge in [0.2, 0.25) is 0 Å². The normalized spacial score (nSPS) is 20.4. The van der Waals surface area contributed by atoms with Crippen LogP contribution in [0.4, 0.5) is 0 Å². The molecule has 17 heavy (non-hydrogen) atoms. The first-order valence-electron chi connectivity index (χ1n) is 5.61. The number of pyridine rings is 1. The number of thiazole rings is 1. The van der Waals surface area contributed by atoms with Crippen LogP contribution in [0.25, 0.3) is 10.6 Å². The van der Waals surface area contributed by atoms with Crippen LogP contribution in [0, 0.1) is 0 Å². The zero-order chi connectivity index (χ0) is 11.5. The van der Waals surface area contributed by atoms with E-state index in [9.17, 15) is 0 Å². The number of nitrogens with zero attached hydrogens (tertiary/aromatic N) is 2. The van der Waals surface area contributed by atoms with Crippen molar-refractivity contribution in [2.24, 2.45) is 0 Å². The van der Waals surface area contributed by atoms with E-state index in [1.807, 2.05) is 18.3 Å². The molecule has 0 spiro atoms. The Morgan fingerprint density at radius 1 is 1.47 bits per heavy atom. The molecule has 1 N–H and O–H groups in total. The molecule has 3 heterocycles. The number of ether oxygens (including phenoxy) is 1. The zero-order valence-electron chi connectivity index (χ0n) is 9.30. The Balaban J connectivity index is 1.83. The van der Waals surface area contributed by atoms with Gasteiger partial charge in [0.15, 0.2) is 0 Å². The van der Waals surface area contributed by atoms with E-state index < -0.39 is 0 Å². The minimum Gasteiger partial charge on any atom is -0.369 e. The molecule has 1 aliphatic rings. The summed E-state index contributed by atoms with van der Waals surface area (Å²) in [7, 11) is 0. The van der Waals surface area contributed by atoms with Gasteiger partial charge in [-0.05, 0) is 12.1 Å². The van der Waals surface area contributed by atoms with Crippen LogP contribution < -0.4 is 5.32 Å². The summed E-state index contributed by atoms with van der Waals surface area (Å²) < 4.78 is 5.68. The van der Waals surface area contributed by atoms with E-state index >= 15 is 0 Å². The van der Waals surface area contributed by atoms with Crippen molar-refractivity contribution in [3.8, 4) is 10.6 Å². The van der Waals surface area contributed by atoms with Crippen molar-refractivity contribution in [3.63, 3.8) is 0 Å². The van der Waals surface area contributed by atoms with Crippen LogP contribution in [-0.2, 0) is 4.74 Å². The summed E-state index contributed by atoms with van der Waals surface area (Å²) in [5.74, 6) is 0. The Bertz CT molecular complexity index is 480. The van der Waals surface area contributed by atoms with Crippen molar-refractivity contribution in [3.05, 3.63) is 35.6 Å². The summed E-state index contributed by atoms with van der Waals surface area (Å²) in [6, 6.07) is 3.95. The third kappa shape index (κ3) is 2.36. The predicted octanol–water partition coefficient (Wildman–Crippen LogP) is 1.87. The zero-order valence-corrected chi connectivity index (χ0v) is 10.1. The summed E-state index contributed by atoms with van der Waals surface area (Å²) in [6.07, 6.45) is 3.69. The summed E-state index contributed by atoms with van der Waals surface area (Å²) in [5, 5.41) is 6.38. The molecule has 3 rings (SSSR count). The lowest BCUT2D eigenvalue weighted by Gasteiger charge is -2.21. The summed E-state index contributed by atoms with van der Waals surface area (Å²) in [4.78, 5) is 8.72. The van der Waals surface area contributed by atoms with Crippen molar-refractivity contribution in [2.45, 2.75) is 6.10 Å². The molecule has 0 radical (unpaired) electrons. The van der Waals surface area contributed by atoms with Crippen LogP contribution in [0.5, 0.6) is 0 Å². The smallest absolute Gasteiger partial charge is 0.125 e. The van der Waals surface area contributed by atoms with Crippen LogP contribution in [-0.4, -0.2) is 29.7 Å². The fraction of sp³-hybridized carbons (Fsp3) is 0.333. The van der Waals surface area contributed by atoms with Crippen LogP contribution in [0.2, 0.25) is 0 Å². The Kier molecular flexibility index (Phi) is 3.13. The maximum atomic E-state index is 5.68. The number of nitrogens with one attached hydrogen (secondary N) is 1. The second-order valence-electron chi connectivity index (χ2n) is 3.88. The molecule has 1 unspecified atom stereocenters. The lowest BCUT2D eigenvalue weighted by molar-refractivity contribution is 0.0254. The minimum absolute atomic E-state index is 0.0884. The van der Waals surface area contributed by atoms with Crippen LogP contribution in [0.1, 0.15) is 11.8 Å². The minimum atomic E-state index is 0.0884. The van der Waals surface area contributed by atoms with E-state index in [1.54, 1.807) is 17.5 Å². The van der Waals surface area contributed by atoms with Gasteiger partial charge in [-0.1, -0.05) is 0 Å². The molecule has 1 aliphatic heterocycles. The SMILES string of the molecule is c1cncc(-c2nc(C3CNCCO3)cs2)c1. The Morgan fingerprint density at radius 3 is 3.24 bits per heavy atom. The molecule has 0 bridgehead atoms. The largest absolute Gasteiger partial charge is 0.369 e. The summed E-state index contributed by atoms with van der Waals surface area (Å²) in [5.41, 5.74) is 2.08. The number of aromatic nitrogens is 2. The highest BCUT2D eigenvalue weighted by atomic mass is 32.1. The third-order valence-electron chi connectivity index (χ3n) is 2.69. The lowest BCUT2D eigenvalue weighted by Crippen LogP contribution is -2.33. The first-order valence-corrected chi connectivity index (χ1v) is 6.49. The molecule has 2 aromatic heterocycles. The first kappa shape index (κ1) is 10.8. The molecule has 0 amide bonds. The maximum absolute atomic E-state index is 5.68. The van der Waals surface area contributed by atoms with E-state index in [1.165, 1.54) is 0 Å². The van der Waals surface area contributed by atoms with Gasteiger partial charge in [0.05, 0.1) is 12.3 Å². The Morgan fingerprint density at radius 2 is 2.47 bits per heavy atom. The van der Waals surface area contributed by atoms with Crippen molar-refractivity contribution < 1.29 is 4.74 Å². The fourth-order valence-electron chi connectivity index (χ4n) is 1.81. The Labute approximate surface area is 104 Å². The molecule has 88 valence electrons. The quantitative estimate of drug-likeness (QED) is 0.880. The van der Waals surface area contributed by atoms with Gasteiger partial charge >= 0.3 is 0 Å². The van der Waals surface area contributed by atoms with Gasteiger partial charge in [-0.15, -0.1) is 11.3 Å². The van der Waals surface area contributed by atoms with E-state index in [0.717, 1.165) is 36.0 Å². The molecule has 0 aromatic carbocycles. The van der Waals surface area contributed by atoms with Gasteiger partial charge in [-0.2, -0.15) is 0 Å². The Hall–Kier alpha value is -1.30. The fourth-order valence-corrected chi connectivity index (χ4v) is 2.66. The van der Waals surface area contributed by atoms with Gasteiger partial charge < -0.3 is 10.1 Å². The van der Waals surface area contributed by atoms with Gasteiger partial charge in [0.25, 0.3) is 0 Å². The van der Waals surface area contributed by atoms with Crippen molar-refractivity contribution >= 4 is 11.3 Å². The third-order valence-corrected chi connectivity index (χ3v) is 3.60. The van der Waals surface area contributed by atoms with E-state index in [0.29, 0.717) is 0 Å². The molecule has 1 fully saturated rings. The highest BCUT2D eigenvalue weighted by molar-refractivity contribution is 7.13. The molecular formula is C12H13N3OS. The monoisotopic (exact) mass is 247 g/mol. The van der Waals surface area contributed by atoms with E-state index in [4.69, 9.17) is 4.74 Å². The number of morpholine rings is 1. The second kappa shape index (κ2) is 4.91. The lowest BCUT2D eigenvalue weighted by atomic mass is 10.2. The van der Waals surface area contributed by atoms with Gasteiger partial charge in [-0.25, -0.2) is 4.98 Å². The van der Waals surface area contributed by atoms with Gasteiger partial charge in [-0.3, -0.25) is 4.98 Å². The van der Waals surface area contributed by atoms with Crippen molar-refractivity contribution in [1.29, 1.82) is 0 Å². The van der Waals surface area contributed by atoms with Gasteiger partial charge in [0, 0.05) is 36.4 Å². The number of hydrogen-bond donors (Lipinski definition) is 1. The molecule has 0 saturated carbocycles. The maximum Gasteiger partial charge on any atom is 0.125 e.